The smallest absolute Gasteiger partial charge is 0.256 e. The first-order valence-electron chi connectivity index (χ1n) is 11.2. The molecule has 0 aliphatic carbocycles. The van der Waals surface area contributed by atoms with E-state index in [1.54, 1.807) is 12.3 Å². The Morgan fingerprint density at radius 2 is 1.79 bits per heavy atom. The third-order valence-electron chi connectivity index (χ3n) is 5.65. The first kappa shape index (κ1) is 23.0. The van der Waals surface area contributed by atoms with Crippen LogP contribution in [0.1, 0.15) is 40.2 Å². The van der Waals surface area contributed by atoms with Crippen LogP contribution in [0.3, 0.4) is 0 Å². The zero-order valence-electron chi connectivity index (χ0n) is 18.8. The maximum absolute atomic E-state index is 13.2. The van der Waals surface area contributed by atoms with Gasteiger partial charge < -0.3 is 14.3 Å². The predicted molar refractivity (Wildman–Crippen MR) is 127 cm³/mol. The van der Waals surface area contributed by atoms with Crippen molar-refractivity contribution in [2.24, 2.45) is 0 Å². The second kappa shape index (κ2) is 11.1. The molecule has 4 rings (SSSR count). The van der Waals surface area contributed by atoms with Crippen molar-refractivity contribution in [3.63, 3.8) is 0 Å². The first-order chi connectivity index (χ1) is 16.1. The number of rotatable bonds is 8. The average molecular weight is 465 g/mol. The van der Waals surface area contributed by atoms with E-state index in [4.69, 9.17) is 4.52 Å². The topological polar surface area (TPSA) is 79.5 Å². The fourth-order valence-corrected chi connectivity index (χ4v) is 4.74. The number of pyridine rings is 1. The van der Waals surface area contributed by atoms with Gasteiger partial charge in [0.25, 0.3) is 5.91 Å². The molecule has 2 aromatic heterocycles. The Bertz CT molecular complexity index is 1080. The Hall–Kier alpha value is -3.13. The van der Waals surface area contributed by atoms with Crippen molar-refractivity contribution in [1.29, 1.82) is 0 Å². The molecule has 8 heteroatoms. The van der Waals surface area contributed by atoms with Crippen LogP contribution in [-0.4, -0.2) is 57.9 Å². The number of carbonyl (C=O) groups excluding carboxylic acids is 2. The van der Waals surface area contributed by atoms with Gasteiger partial charge in [0.1, 0.15) is 10.8 Å². The number of thioether (sulfide) groups is 1. The summed E-state index contributed by atoms with van der Waals surface area (Å²) in [5, 5.41) is 4.68. The minimum Gasteiger partial charge on any atom is -0.361 e. The molecule has 0 atom stereocenters. The van der Waals surface area contributed by atoms with Gasteiger partial charge in [0.2, 0.25) is 5.91 Å². The van der Waals surface area contributed by atoms with Crippen LogP contribution in [-0.2, 0) is 17.0 Å². The largest absolute Gasteiger partial charge is 0.361 e. The first-order valence-corrected chi connectivity index (χ1v) is 12.2. The molecule has 0 N–H and O–H groups in total. The summed E-state index contributed by atoms with van der Waals surface area (Å²) in [5.74, 6) is 1.46. The van der Waals surface area contributed by atoms with Crippen LogP contribution >= 0.6 is 11.8 Å². The summed E-state index contributed by atoms with van der Waals surface area (Å²) >= 11 is 1.47. The summed E-state index contributed by atoms with van der Waals surface area (Å²) in [6.07, 6.45) is 3.97. The number of aryl methyl sites for hydroxylation is 2. The Labute approximate surface area is 198 Å². The summed E-state index contributed by atoms with van der Waals surface area (Å²) in [5.41, 5.74) is 2.66. The molecule has 7 nitrogen and oxygen atoms in total. The Morgan fingerprint density at radius 1 is 1.03 bits per heavy atom. The molecule has 0 bridgehead atoms. The van der Waals surface area contributed by atoms with Gasteiger partial charge in [-0.25, -0.2) is 4.98 Å². The number of hydrogen-bond donors (Lipinski definition) is 0. The van der Waals surface area contributed by atoms with Gasteiger partial charge in [0, 0.05) is 50.6 Å². The highest BCUT2D eigenvalue weighted by Gasteiger charge is 2.26. The van der Waals surface area contributed by atoms with Gasteiger partial charge in [-0.2, -0.15) is 0 Å². The van der Waals surface area contributed by atoms with Crippen LogP contribution in [0.5, 0.6) is 0 Å². The number of piperazine rings is 1. The molecule has 0 unspecified atom stereocenters. The lowest BCUT2D eigenvalue weighted by molar-refractivity contribution is -0.132. The highest BCUT2D eigenvalue weighted by atomic mass is 32.2. The summed E-state index contributed by atoms with van der Waals surface area (Å²) < 4.78 is 5.11. The Morgan fingerprint density at radius 3 is 2.52 bits per heavy atom. The third-order valence-corrected chi connectivity index (χ3v) is 6.69. The number of nitrogens with zero attached hydrogens (tertiary/aromatic N) is 4. The molecule has 3 aromatic rings. The number of aromatic nitrogens is 2. The normalized spacial score (nSPS) is 13.8. The number of amides is 2. The monoisotopic (exact) mass is 464 g/mol. The van der Waals surface area contributed by atoms with Crippen molar-refractivity contribution >= 4 is 23.6 Å². The van der Waals surface area contributed by atoms with Gasteiger partial charge >= 0.3 is 0 Å². The molecule has 0 saturated carbocycles. The minimum atomic E-state index is -0.0434. The van der Waals surface area contributed by atoms with E-state index in [2.05, 4.69) is 22.3 Å². The van der Waals surface area contributed by atoms with Crippen molar-refractivity contribution in [3.05, 3.63) is 77.3 Å². The van der Waals surface area contributed by atoms with Crippen LogP contribution in [0.25, 0.3) is 0 Å². The van der Waals surface area contributed by atoms with Crippen molar-refractivity contribution < 1.29 is 14.1 Å². The SMILES string of the molecule is Cc1cc(CSc2ncccc2C(=O)N2CCN(C(=O)CCCc3ccccc3)CC2)no1. The van der Waals surface area contributed by atoms with Crippen LogP contribution in [0, 0.1) is 6.92 Å². The lowest BCUT2D eigenvalue weighted by atomic mass is 10.1. The van der Waals surface area contributed by atoms with Crippen molar-refractivity contribution in [2.45, 2.75) is 37.0 Å². The second-order valence-corrected chi connectivity index (χ2v) is 9.05. The lowest BCUT2D eigenvalue weighted by Crippen LogP contribution is -2.50. The molecule has 1 aromatic carbocycles. The fraction of sp³-hybridized carbons (Fsp3) is 0.360. The van der Waals surface area contributed by atoms with Crippen molar-refractivity contribution in [1.82, 2.24) is 19.9 Å². The summed E-state index contributed by atoms with van der Waals surface area (Å²) in [6, 6.07) is 15.7. The summed E-state index contributed by atoms with van der Waals surface area (Å²) in [7, 11) is 0. The molecular weight excluding hydrogens is 436 g/mol. The number of hydrogen-bond acceptors (Lipinski definition) is 6. The van der Waals surface area contributed by atoms with E-state index in [1.807, 2.05) is 47.1 Å². The molecule has 172 valence electrons. The molecule has 1 fully saturated rings. The van der Waals surface area contributed by atoms with Crippen LogP contribution < -0.4 is 0 Å². The summed E-state index contributed by atoms with van der Waals surface area (Å²) in [6.45, 7) is 4.05. The minimum absolute atomic E-state index is 0.0434. The molecule has 33 heavy (non-hydrogen) atoms. The second-order valence-electron chi connectivity index (χ2n) is 8.09. The quantitative estimate of drug-likeness (QED) is 0.469. The molecule has 3 heterocycles. The van der Waals surface area contributed by atoms with E-state index >= 15 is 0 Å². The van der Waals surface area contributed by atoms with Gasteiger partial charge in [-0.05, 0) is 37.5 Å². The number of benzene rings is 1. The van der Waals surface area contributed by atoms with Gasteiger partial charge in [-0.15, -0.1) is 0 Å². The van der Waals surface area contributed by atoms with Gasteiger partial charge in [-0.1, -0.05) is 47.3 Å². The standard InChI is InChI=1S/C25H28N4O3S/c1-19-17-21(27-32-19)18-33-24-22(10-6-12-26-24)25(31)29-15-13-28(14-16-29)23(30)11-5-9-20-7-3-2-4-8-20/h2-4,6-8,10,12,17H,5,9,11,13-16,18H2,1H3. The van der Waals surface area contributed by atoms with Crippen LogP contribution in [0.2, 0.25) is 0 Å². The third kappa shape index (κ3) is 6.22. The van der Waals surface area contributed by atoms with Gasteiger partial charge in [-0.3, -0.25) is 9.59 Å². The van der Waals surface area contributed by atoms with Crippen molar-refractivity contribution in [2.75, 3.05) is 26.2 Å². The maximum Gasteiger partial charge on any atom is 0.256 e. The molecule has 0 radical (unpaired) electrons. The van der Waals surface area contributed by atoms with E-state index in [1.165, 1.54) is 17.3 Å². The molecule has 1 saturated heterocycles. The maximum atomic E-state index is 13.2. The van der Waals surface area contributed by atoms with E-state index < -0.39 is 0 Å². The van der Waals surface area contributed by atoms with Crippen molar-refractivity contribution in [3.8, 4) is 0 Å². The average Bonchev–Trinajstić information content (AvgIpc) is 3.28. The zero-order chi connectivity index (χ0) is 23.0. The molecule has 1 aliphatic heterocycles. The van der Waals surface area contributed by atoms with E-state index in [-0.39, 0.29) is 11.8 Å². The molecular formula is C25H28N4O3S. The molecule has 1 aliphatic rings. The van der Waals surface area contributed by atoms with Crippen LogP contribution in [0.4, 0.5) is 0 Å². The highest BCUT2D eigenvalue weighted by molar-refractivity contribution is 7.98. The highest BCUT2D eigenvalue weighted by Crippen LogP contribution is 2.25. The Kier molecular flexibility index (Phi) is 7.78. The van der Waals surface area contributed by atoms with Gasteiger partial charge in [0.05, 0.1) is 11.3 Å². The summed E-state index contributed by atoms with van der Waals surface area (Å²) in [4.78, 5) is 33.9. The van der Waals surface area contributed by atoms with Crippen LogP contribution in [0.15, 0.2) is 64.3 Å². The molecule has 2 amide bonds. The Balaban J connectivity index is 1.27. The van der Waals surface area contributed by atoms with E-state index in [9.17, 15) is 9.59 Å². The lowest BCUT2D eigenvalue weighted by Gasteiger charge is -2.35. The molecule has 0 spiro atoms. The van der Waals surface area contributed by atoms with Gasteiger partial charge in [0.15, 0.2) is 0 Å². The number of carbonyl (C=O) groups is 2. The van der Waals surface area contributed by atoms with E-state index in [0.29, 0.717) is 48.9 Å². The predicted octanol–water partition coefficient (Wildman–Crippen LogP) is 3.98. The fourth-order valence-electron chi connectivity index (χ4n) is 3.87. The van der Waals surface area contributed by atoms with E-state index in [0.717, 1.165) is 24.3 Å². The zero-order valence-corrected chi connectivity index (χ0v) is 19.6.